The average Bonchev–Trinajstić information content (AvgIpc) is 3.59. The molecule has 2 aliphatic rings. The van der Waals surface area contributed by atoms with E-state index in [9.17, 15) is 14.4 Å². The van der Waals surface area contributed by atoms with Crippen LogP contribution in [0.25, 0.3) is 11.4 Å². The Balaban J connectivity index is 0.000000213. The van der Waals surface area contributed by atoms with Crippen LogP contribution in [-0.4, -0.2) is 85.7 Å². The number of esters is 2. The molecular weight excluding hydrogens is 618 g/mol. The number of ketones is 1. The van der Waals surface area contributed by atoms with E-state index in [0.29, 0.717) is 36.4 Å². The number of ether oxygens (including phenoxy) is 2. The lowest BCUT2D eigenvalue weighted by Gasteiger charge is -2.25. The first kappa shape index (κ1) is 35.8. The Bertz CT molecular complexity index is 1710. The molecule has 0 spiro atoms. The number of allylic oxidation sites excluding steroid dienone is 1. The average molecular weight is 666 g/mol. The molecule has 13 heteroatoms. The first-order valence-corrected chi connectivity index (χ1v) is 17.2. The van der Waals surface area contributed by atoms with Crippen LogP contribution in [0.2, 0.25) is 0 Å². The van der Waals surface area contributed by atoms with Crippen molar-refractivity contribution in [3.8, 4) is 11.4 Å². The monoisotopic (exact) mass is 665 g/mol. The van der Waals surface area contributed by atoms with Crippen LogP contribution in [0.5, 0.6) is 0 Å². The summed E-state index contributed by atoms with van der Waals surface area (Å²) in [5, 5.41) is 9.76. The quantitative estimate of drug-likeness (QED) is 0.143. The molecule has 0 saturated heterocycles. The third-order valence-corrected chi connectivity index (χ3v) is 8.20. The van der Waals surface area contributed by atoms with Crippen molar-refractivity contribution in [2.24, 2.45) is 0 Å². The molecule has 0 unspecified atom stereocenters. The van der Waals surface area contributed by atoms with Gasteiger partial charge in [-0.2, -0.15) is 10.2 Å². The highest BCUT2D eigenvalue weighted by molar-refractivity contribution is 7.98. The molecule has 0 N–H and O–H groups in total. The Morgan fingerprint density at radius 3 is 1.87 bits per heavy atom. The summed E-state index contributed by atoms with van der Waals surface area (Å²) in [6.07, 6.45) is 8.46. The minimum atomic E-state index is -0.459. The molecule has 0 saturated carbocycles. The highest BCUT2D eigenvalue weighted by Crippen LogP contribution is 2.38. The van der Waals surface area contributed by atoms with E-state index in [4.69, 9.17) is 14.5 Å². The Morgan fingerprint density at radius 1 is 0.872 bits per heavy atom. The summed E-state index contributed by atoms with van der Waals surface area (Å²) >= 11 is 1.51. The van der Waals surface area contributed by atoms with Crippen molar-refractivity contribution >= 4 is 29.5 Å². The number of rotatable bonds is 6. The van der Waals surface area contributed by atoms with E-state index >= 15 is 0 Å². The van der Waals surface area contributed by atoms with Gasteiger partial charge in [0.15, 0.2) is 16.5 Å². The number of aromatic nitrogens is 6. The van der Waals surface area contributed by atoms with Crippen LogP contribution >= 0.6 is 11.8 Å². The van der Waals surface area contributed by atoms with E-state index in [2.05, 4.69) is 36.0 Å². The summed E-state index contributed by atoms with van der Waals surface area (Å²) in [6, 6.07) is 0. The third kappa shape index (κ3) is 7.45. The van der Waals surface area contributed by atoms with Crippen molar-refractivity contribution < 1.29 is 23.9 Å². The van der Waals surface area contributed by atoms with Crippen LogP contribution in [0.1, 0.15) is 110 Å². The Labute approximate surface area is 281 Å². The van der Waals surface area contributed by atoms with Crippen molar-refractivity contribution in [1.82, 2.24) is 34.4 Å². The van der Waals surface area contributed by atoms with Gasteiger partial charge in [-0.15, -0.1) is 0 Å². The minimum absolute atomic E-state index is 0.0575. The van der Waals surface area contributed by atoms with Gasteiger partial charge in [0.25, 0.3) is 0 Å². The van der Waals surface area contributed by atoms with Gasteiger partial charge in [0.1, 0.15) is 5.69 Å². The van der Waals surface area contributed by atoms with Crippen LogP contribution < -0.4 is 0 Å². The molecule has 3 aromatic rings. The fraction of sp³-hybridized carbons (Fsp3) is 0.559. The fourth-order valence-electron chi connectivity index (χ4n) is 5.65. The second-order valence-corrected chi connectivity index (χ2v) is 14.4. The molecule has 0 aromatic carbocycles. The minimum Gasteiger partial charge on any atom is -0.461 e. The van der Waals surface area contributed by atoms with Crippen molar-refractivity contribution in [3.05, 3.63) is 51.7 Å². The normalized spacial score (nSPS) is 14.9. The number of Topliss-reactive ketones (excluding diaryl/α,β-unsaturated/α-hetero) is 1. The number of thioether (sulfide) groups is 1. The number of hydrogen-bond acceptors (Lipinski definition) is 11. The van der Waals surface area contributed by atoms with Crippen LogP contribution in [0.3, 0.4) is 0 Å². The zero-order valence-electron chi connectivity index (χ0n) is 29.5. The van der Waals surface area contributed by atoms with Gasteiger partial charge in [-0.1, -0.05) is 11.8 Å². The van der Waals surface area contributed by atoms with Crippen molar-refractivity contribution in [3.63, 3.8) is 0 Å². The number of nitrogens with zero attached hydrogens (tertiary/aromatic N) is 7. The molecule has 5 rings (SSSR count). The number of carbonyl (C=O) groups excluding carboxylic acids is 3. The molecule has 12 nitrogen and oxygen atoms in total. The highest BCUT2D eigenvalue weighted by atomic mass is 32.2. The van der Waals surface area contributed by atoms with Gasteiger partial charge in [-0.05, 0) is 92.9 Å². The highest BCUT2D eigenvalue weighted by Gasteiger charge is 2.36. The molecule has 3 heterocycles. The molecule has 0 atom stereocenters. The molecule has 2 aliphatic carbocycles. The number of fused-ring (bicyclic) bond motifs is 4. The van der Waals surface area contributed by atoms with Crippen LogP contribution in [0.15, 0.2) is 23.1 Å². The van der Waals surface area contributed by atoms with Gasteiger partial charge in [-0.3, -0.25) is 14.2 Å². The maximum atomic E-state index is 12.9. The predicted molar refractivity (Wildman–Crippen MR) is 181 cm³/mol. The van der Waals surface area contributed by atoms with Crippen molar-refractivity contribution in [2.45, 2.75) is 97.3 Å². The second kappa shape index (κ2) is 14.0. The summed E-state index contributed by atoms with van der Waals surface area (Å²) in [6.45, 7) is 16.3. The van der Waals surface area contributed by atoms with Crippen molar-refractivity contribution in [2.75, 3.05) is 33.6 Å². The van der Waals surface area contributed by atoms with Crippen LogP contribution in [0, 0.1) is 0 Å². The maximum Gasteiger partial charge on any atom is 0.359 e. The smallest absolute Gasteiger partial charge is 0.359 e. The predicted octanol–water partition coefficient (Wildman–Crippen LogP) is 5.48. The number of aryl methyl sites for hydroxylation is 1. The van der Waals surface area contributed by atoms with Gasteiger partial charge >= 0.3 is 11.9 Å². The summed E-state index contributed by atoms with van der Waals surface area (Å²) in [4.78, 5) is 48.4. The topological polar surface area (TPSA) is 134 Å². The third-order valence-electron chi connectivity index (χ3n) is 7.63. The van der Waals surface area contributed by atoms with Crippen LogP contribution in [0.4, 0.5) is 0 Å². The molecule has 254 valence electrons. The first-order chi connectivity index (χ1) is 22.0. The number of hydrogen-bond donors (Lipinski definition) is 0. The zero-order chi connectivity index (χ0) is 34.8. The molecular formula is C34H47N7O5S. The maximum absolute atomic E-state index is 12.9. The van der Waals surface area contributed by atoms with E-state index < -0.39 is 11.5 Å². The lowest BCUT2D eigenvalue weighted by molar-refractivity contribution is 0.0506. The van der Waals surface area contributed by atoms with Gasteiger partial charge in [0.05, 0.1) is 35.7 Å². The molecule has 0 fully saturated rings. The van der Waals surface area contributed by atoms with Gasteiger partial charge < -0.3 is 14.4 Å². The summed E-state index contributed by atoms with van der Waals surface area (Å²) < 4.78 is 13.9. The van der Waals surface area contributed by atoms with E-state index in [0.717, 1.165) is 46.1 Å². The number of carbonyl (C=O) groups is 3. The molecule has 0 bridgehead atoms. The van der Waals surface area contributed by atoms with E-state index in [1.165, 1.54) is 11.8 Å². The molecule has 47 heavy (non-hydrogen) atoms. The molecule has 3 aromatic heterocycles. The van der Waals surface area contributed by atoms with E-state index in [1.807, 2.05) is 63.1 Å². The Morgan fingerprint density at radius 2 is 1.38 bits per heavy atom. The molecule has 0 radical (unpaired) electrons. The largest absolute Gasteiger partial charge is 0.461 e. The van der Waals surface area contributed by atoms with Crippen LogP contribution in [-0.2, 0) is 39.8 Å². The van der Waals surface area contributed by atoms with E-state index in [-0.39, 0.29) is 29.6 Å². The standard InChI is InChI=1S/C17H22N4O2S.C17H25N3O3/c1-6-23-15(22)13-11-8-7-10-9-18-16(24-5)19-12(10)14(11)21(20-13)17(2,3)4;1-7-23-16(22)13-12-9-8-11(10-19(5)6)15(21)14(12)20(18-13)17(2,3)4/h9H,6-8H2,1-5H3;10H,7-9H2,1-6H3/b;11-10+. The zero-order valence-corrected chi connectivity index (χ0v) is 30.3. The first-order valence-electron chi connectivity index (χ1n) is 15.9. The van der Waals surface area contributed by atoms with Gasteiger partial charge in [0.2, 0.25) is 5.78 Å². The lowest BCUT2D eigenvalue weighted by atomic mass is 9.90. The summed E-state index contributed by atoms with van der Waals surface area (Å²) in [5.74, 6) is -0.878. The van der Waals surface area contributed by atoms with E-state index in [1.54, 1.807) is 18.5 Å². The summed E-state index contributed by atoms with van der Waals surface area (Å²) in [5.41, 5.74) is 5.81. The Kier molecular flexibility index (Phi) is 10.7. The SMILES string of the molecule is CCOC(=O)c1nn(C(C)(C)C)c2c1CC/C(=C\N(C)C)C2=O.CCOC(=O)c1nn(C(C)(C)C)c2c1CCc1cnc(SC)nc1-2. The van der Waals surface area contributed by atoms with Gasteiger partial charge in [0, 0.05) is 43.2 Å². The van der Waals surface area contributed by atoms with Crippen molar-refractivity contribution in [1.29, 1.82) is 0 Å². The van der Waals surface area contributed by atoms with Gasteiger partial charge in [-0.25, -0.2) is 19.6 Å². The molecule has 0 amide bonds. The fourth-order valence-corrected chi connectivity index (χ4v) is 5.99. The second-order valence-electron chi connectivity index (χ2n) is 13.6. The lowest BCUT2D eigenvalue weighted by Crippen LogP contribution is -2.29. The Hall–Kier alpha value is -4.00. The molecule has 0 aliphatic heterocycles. The summed E-state index contributed by atoms with van der Waals surface area (Å²) in [7, 11) is 3.78.